The van der Waals surface area contributed by atoms with Gasteiger partial charge in [0.2, 0.25) is 17.7 Å². The first-order valence-electron chi connectivity index (χ1n) is 9.28. The minimum Gasteiger partial charge on any atom is -0.508 e. The predicted octanol–water partition coefficient (Wildman–Crippen LogP) is -1.84. The smallest absolute Gasteiger partial charge is 0.326 e. The number of nitrogens with one attached hydrogen (secondary N) is 3. The number of carbonyl (C=O) groups excluding carboxylic acids is 3. The highest BCUT2D eigenvalue weighted by molar-refractivity contribution is 5.93. The second-order valence-electron chi connectivity index (χ2n) is 6.89. The highest BCUT2D eigenvalue weighted by Gasteiger charge is 2.29. The highest BCUT2D eigenvalue weighted by atomic mass is 16.4. The molecule has 2 rings (SSSR count). The molecule has 12 nitrogen and oxygen atoms in total. The Labute approximate surface area is 177 Å². The van der Waals surface area contributed by atoms with Crippen LogP contribution in [0.4, 0.5) is 0 Å². The molecular weight excluding hydrogens is 408 g/mol. The van der Waals surface area contributed by atoms with E-state index in [0.29, 0.717) is 11.3 Å². The summed E-state index contributed by atoms with van der Waals surface area (Å²) in [7, 11) is 0. The number of primary amides is 1. The van der Waals surface area contributed by atoms with Gasteiger partial charge in [-0.25, -0.2) is 9.78 Å². The van der Waals surface area contributed by atoms with Crippen molar-refractivity contribution in [2.75, 3.05) is 0 Å². The summed E-state index contributed by atoms with van der Waals surface area (Å²) in [5, 5.41) is 23.2. The summed E-state index contributed by atoms with van der Waals surface area (Å²) in [6.07, 6.45) is 2.35. The Morgan fingerprint density at radius 1 is 1.03 bits per heavy atom. The number of nitrogens with two attached hydrogens (primary N) is 2. The average molecular weight is 432 g/mol. The third kappa shape index (κ3) is 7.44. The van der Waals surface area contributed by atoms with Gasteiger partial charge in [0.15, 0.2) is 0 Å². The Balaban J connectivity index is 2.09. The molecule has 31 heavy (non-hydrogen) atoms. The number of benzene rings is 1. The first-order valence-corrected chi connectivity index (χ1v) is 9.28. The molecule has 2 aromatic rings. The van der Waals surface area contributed by atoms with E-state index in [1.165, 1.54) is 24.7 Å². The molecule has 12 heteroatoms. The van der Waals surface area contributed by atoms with Crippen molar-refractivity contribution in [1.82, 2.24) is 20.6 Å². The SMILES string of the molecule is NC(=O)C[C@H](NC(=O)[C@H](Cc1cnc[nH]1)NC(=O)[C@@H](N)Cc1ccc(O)cc1)C(=O)O. The molecule has 0 aliphatic rings. The fourth-order valence-electron chi connectivity index (χ4n) is 2.76. The summed E-state index contributed by atoms with van der Waals surface area (Å²) in [5.41, 5.74) is 12.2. The van der Waals surface area contributed by atoms with Gasteiger partial charge in [-0.2, -0.15) is 0 Å². The van der Waals surface area contributed by atoms with E-state index < -0.39 is 48.2 Å². The minimum absolute atomic E-state index is 0.0214. The Bertz CT molecular complexity index is 914. The monoisotopic (exact) mass is 432 g/mol. The molecule has 0 saturated heterocycles. The molecular formula is C19H24N6O6. The molecule has 0 spiro atoms. The summed E-state index contributed by atoms with van der Waals surface area (Å²) in [6.45, 7) is 0. The number of H-pyrrole nitrogens is 1. The van der Waals surface area contributed by atoms with Gasteiger partial charge in [0.1, 0.15) is 17.8 Å². The Morgan fingerprint density at radius 3 is 2.23 bits per heavy atom. The number of carboxylic acids is 1. The van der Waals surface area contributed by atoms with Gasteiger partial charge >= 0.3 is 5.97 Å². The maximum absolute atomic E-state index is 12.7. The highest BCUT2D eigenvalue weighted by Crippen LogP contribution is 2.11. The molecule has 3 atom stereocenters. The van der Waals surface area contributed by atoms with Crippen molar-refractivity contribution in [3.05, 3.63) is 48.0 Å². The number of hydrogen-bond donors (Lipinski definition) is 7. The van der Waals surface area contributed by atoms with Gasteiger partial charge in [-0.15, -0.1) is 0 Å². The van der Waals surface area contributed by atoms with Crippen LogP contribution >= 0.6 is 0 Å². The number of aromatic hydroxyl groups is 1. The van der Waals surface area contributed by atoms with E-state index in [1.807, 2.05) is 0 Å². The quantitative estimate of drug-likeness (QED) is 0.214. The average Bonchev–Trinajstić information content (AvgIpc) is 3.21. The van der Waals surface area contributed by atoms with E-state index in [2.05, 4.69) is 20.6 Å². The summed E-state index contributed by atoms with van der Waals surface area (Å²) in [4.78, 5) is 54.3. The number of carboxylic acid groups (broad SMARTS) is 1. The maximum atomic E-state index is 12.7. The lowest BCUT2D eigenvalue weighted by molar-refractivity contribution is -0.143. The van der Waals surface area contributed by atoms with Gasteiger partial charge in [-0.05, 0) is 24.1 Å². The first kappa shape index (κ1) is 23.3. The van der Waals surface area contributed by atoms with Crippen molar-refractivity contribution < 1.29 is 29.4 Å². The predicted molar refractivity (Wildman–Crippen MR) is 107 cm³/mol. The van der Waals surface area contributed by atoms with Crippen LogP contribution < -0.4 is 22.1 Å². The van der Waals surface area contributed by atoms with Gasteiger partial charge in [-0.1, -0.05) is 12.1 Å². The number of carbonyl (C=O) groups is 4. The molecule has 3 amide bonds. The zero-order chi connectivity index (χ0) is 23.0. The van der Waals surface area contributed by atoms with Crippen LogP contribution in [0.2, 0.25) is 0 Å². The third-order valence-electron chi connectivity index (χ3n) is 4.36. The summed E-state index contributed by atoms with van der Waals surface area (Å²) < 4.78 is 0. The number of phenolic OH excluding ortho intramolecular Hbond substituents is 1. The molecule has 1 heterocycles. The molecule has 0 radical (unpaired) electrons. The van der Waals surface area contributed by atoms with Crippen LogP contribution in [0.15, 0.2) is 36.8 Å². The fraction of sp³-hybridized carbons (Fsp3) is 0.316. The zero-order valence-electron chi connectivity index (χ0n) is 16.4. The Kier molecular flexibility index (Phi) is 8.09. The largest absolute Gasteiger partial charge is 0.508 e. The van der Waals surface area contributed by atoms with Crippen molar-refractivity contribution in [2.24, 2.45) is 11.5 Å². The molecule has 1 aromatic carbocycles. The first-order chi connectivity index (χ1) is 14.7. The number of amides is 3. The van der Waals surface area contributed by atoms with Crippen molar-refractivity contribution in [2.45, 2.75) is 37.4 Å². The number of phenols is 1. The molecule has 9 N–H and O–H groups in total. The number of aliphatic carboxylic acids is 1. The Hall–Kier alpha value is -3.93. The fourth-order valence-corrected chi connectivity index (χ4v) is 2.76. The van der Waals surface area contributed by atoms with E-state index in [1.54, 1.807) is 12.1 Å². The minimum atomic E-state index is -1.54. The van der Waals surface area contributed by atoms with E-state index in [-0.39, 0.29) is 18.6 Å². The van der Waals surface area contributed by atoms with Gasteiger partial charge in [0.05, 0.1) is 18.8 Å². The lowest BCUT2D eigenvalue weighted by atomic mass is 10.0. The number of hydrogen-bond acceptors (Lipinski definition) is 7. The number of nitrogens with zero attached hydrogens (tertiary/aromatic N) is 1. The lowest BCUT2D eigenvalue weighted by Gasteiger charge is -2.22. The summed E-state index contributed by atoms with van der Waals surface area (Å²) in [6, 6.07) is 2.39. The van der Waals surface area contributed by atoms with Gasteiger partial charge < -0.3 is 37.3 Å². The molecule has 0 saturated carbocycles. The molecule has 1 aromatic heterocycles. The molecule has 0 unspecified atom stereocenters. The summed E-state index contributed by atoms with van der Waals surface area (Å²) >= 11 is 0. The second-order valence-corrected chi connectivity index (χ2v) is 6.89. The van der Waals surface area contributed by atoms with Gasteiger partial charge in [0, 0.05) is 18.3 Å². The van der Waals surface area contributed by atoms with E-state index in [4.69, 9.17) is 11.5 Å². The molecule has 0 bridgehead atoms. The normalized spacial score (nSPS) is 13.6. The van der Waals surface area contributed by atoms with Crippen molar-refractivity contribution in [1.29, 1.82) is 0 Å². The topological polar surface area (TPSA) is 214 Å². The third-order valence-corrected chi connectivity index (χ3v) is 4.36. The Morgan fingerprint density at radius 2 is 1.68 bits per heavy atom. The van der Waals surface area contributed by atoms with E-state index >= 15 is 0 Å². The van der Waals surface area contributed by atoms with Crippen molar-refractivity contribution in [3.63, 3.8) is 0 Å². The zero-order valence-corrected chi connectivity index (χ0v) is 16.4. The number of aromatic amines is 1. The van der Waals surface area contributed by atoms with E-state index in [0.717, 1.165) is 0 Å². The lowest BCUT2D eigenvalue weighted by Crippen LogP contribution is -2.56. The van der Waals surface area contributed by atoms with Crippen LogP contribution in [0.3, 0.4) is 0 Å². The molecule has 0 fully saturated rings. The van der Waals surface area contributed by atoms with Crippen LogP contribution in [0, 0.1) is 0 Å². The number of rotatable bonds is 11. The van der Waals surface area contributed by atoms with E-state index in [9.17, 15) is 29.4 Å². The molecule has 0 aliphatic heterocycles. The van der Waals surface area contributed by atoms with Gasteiger partial charge in [0.25, 0.3) is 0 Å². The standard InChI is InChI=1S/C19H24N6O6/c20-13(5-10-1-3-12(26)4-2-10)17(28)24-14(6-11-8-22-9-23-11)18(29)25-15(19(30)31)7-16(21)27/h1-4,8-9,13-15,26H,5-7,20H2,(H2,21,27)(H,22,23)(H,24,28)(H,25,29)(H,30,31)/t13-,14-,15-/m0/s1. The van der Waals surface area contributed by atoms with Crippen LogP contribution in [0.1, 0.15) is 17.7 Å². The van der Waals surface area contributed by atoms with Crippen molar-refractivity contribution >= 4 is 23.7 Å². The second kappa shape index (κ2) is 10.7. The number of imidazole rings is 1. The summed E-state index contributed by atoms with van der Waals surface area (Å²) in [5.74, 6) is -3.74. The molecule has 0 aliphatic carbocycles. The van der Waals surface area contributed by atoms with Crippen LogP contribution in [-0.4, -0.2) is 62.0 Å². The van der Waals surface area contributed by atoms with Crippen molar-refractivity contribution in [3.8, 4) is 5.75 Å². The number of aromatic nitrogens is 2. The maximum Gasteiger partial charge on any atom is 0.326 e. The van der Waals surface area contributed by atoms with Gasteiger partial charge in [-0.3, -0.25) is 14.4 Å². The molecule has 166 valence electrons. The van der Waals surface area contributed by atoms with Crippen LogP contribution in [0.25, 0.3) is 0 Å². The van der Waals surface area contributed by atoms with Crippen LogP contribution in [-0.2, 0) is 32.0 Å². The van der Waals surface area contributed by atoms with Crippen LogP contribution in [0.5, 0.6) is 5.75 Å².